The fraction of sp³-hybridized carbons (Fsp3) is 0.0714. The van der Waals surface area contributed by atoms with Gasteiger partial charge in [-0.1, -0.05) is 48.5 Å². The molecule has 0 radical (unpaired) electrons. The largest absolute Gasteiger partial charge is 0.507 e. The third kappa shape index (κ3) is 5.24. The number of carbonyl (C=O) groups excluding carboxylic acids is 2. The van der Waals surface area contributed by atoms with Crippen LogP contribution < -0.4 is 9.64 Å². The van der Waals surface area contributed by atoms with E-state index in [-0.39, 0.29) is 23.8 Å². The Hall–Kier alpha value is -4.58. The number of para-hydroxylation sites is 1. The molecule has 0 aliphatic heterocycles. The molecule has 0 aliphatic carbocycles. The fourth-order valence-electron chi connectivity index (χ4n) is 3.46. The van der Waals surface area contributed by atoms with Gasteiger partial charge in [-0.05, 0) is 60.2 Å². The van der Waals surface area contributed by atoms with Gasteiger partial charge in [-0.3, -0.25) is 4.79 Å². The van der Waals surface area contributed by atoms with Crippen LogP contribution in [0.15, 0.2) is 103 Å². The molecule has 0 fully saturated rings. The van der Waals surface area contributed by atoms with E-state index in [1.807, 2.05) is 60.7 Å². The lowest BCUT2D eigenvalue weighted by Gasteiger charge is -2.24. The van der Waals surface area contributed by atoms with Gasteiger partial charge in [-0.25, -0.2) is 4.79 Å². The summed E-state index contributed by atoms with van der Waals surface area (Å²) in [6.45, 7) is 0.271. The van der Waals surface area contributed by atoms with Gasteiger partial charge in [0.1, 0.15) is 22.8 Å². The van der Waals surface area contributed by atoms with Crippen molar-refractivity contribution in [1.82, 2.24) is 0 Å². The molecule has 6 nitrogen and oxygen atoms in total. The van der Waals surface area contributed by atoms with Crippen molar-refractivity contribution in [2.75, 3.05) is 12.0 Å². The molecule has 170 valence electrons. The standard InChI is InChI=1S/C28H23NO5/c1-33-28(32)25-18-22(14-17-26(25)30)29(19-20-8-4-2-5-9-20)27(31)21-12-15-24(16-13-21)34-23-10-6-3-7-11-23/h2-18,30H,19H2,1H3. The third-order valence-corrected chi connectivity index (χ3v) is 5.21. The minimum absolute atomic E-state index is 0.0162. The molecule has 0 spiro atoms. The van der Waals surface area contributed by atoms with Gasteiger partial charge in [0, 0.05) is 11.3 Å². The van der Waals surface area contributed by atoms with Crippen LogP contribution in [-0.2, 0) is 11.3 Å². The Labute approximate surface area is 197 Å². The number of ether oxygens (including phenoxy) is 2. The number of rotatable bonds is 7. The van der Waals surface area contributed by atoms with E-state index in [2.05, 4.69) is 0 Å². The Morgan fingerprint density at radius 3 is 2.06 bits per heavy atom. The Kier molecular flexibility index (Phi) is 6.89. The summed E-state index contributed by atoms with van der Waals surface area (Å²) in [7, 11) is 1.24. The predicted molar refractivity (Wildman–Crippen MR) is 129 cm³/mol. The quantitative estimate of drug-likeness (QED) is 0.357. The average molecular weight is 453 g/mol. The number of amides is 1. The number of aromatic hydroxyl groups is 1. The molecule has 0 saturated heterocycles. The number of anilines is 1. The van der Waals surface area contributed by atoms with Crippen LogP contribution in [0.3, 0.4) is 0 Å². The van der Waals surface area contributed by atoms with E-state index in [1.54, 1.807) is 35.2 Å². The van der Waals surface area contributed by atoms with Gasteiger partial charge in [-0.15, -0.1) is 0 Å². The van der Waals surface area contributed by atoms with Crippen molar-refractivity contribution in [1.29, 1.82) is 0 Å². The van der Waals surface area contributed by atoms with Crippen LogP contribution in [0.2, 0.25) is 0 Å². The summed E-state index contributed by atoms with van der Waals surface area (Å²) in [6.07, 6.45) is 0. The Morgan fingerprint density at radius 1 is 0.794 bits per heavy atom. The lowest BCUT2D eigenvalue weighted by atomic mass is 10.1. The van der Waals surface area contributed by atoms with Gasteiger partial charge >= 0.3 is 5.97 Å². The van der Waals surface area contributed by atoms with Crippen LogP contribution in [0.5, 0.6) is 17.2 Å². The molecule has 0 aromatic heterocycles. The average Bonchev–Trinajstić information content (AvgIpc) is 2.88. The van der Waals surface area contributed by atoms with Crippen LogP contribution in [-0.4, -0.2) is 24.1 Å². The van der Waals surface area contributed by atoms with Crippen LogP contribution in [0.25, 0.3) is 0 Å². The first kappa shape index (κ1) is 22.6. The molecule has 4 aromatic carbocycles. The van der Waals surface area contributed by atoms with Crippen molar-refractivity contribution in [2.45, 2.75) is 6.54 Å². The number of methoxy groups -OCH3 is 1. The zero-order valence-corrected chi connectivity index (χ0v) is 18.5. The Balaban J connectivity index is 1.65. The topological polar surface area (TPSA) is 76.1 Å². The number of hydrogen-bond acceptors (Lipinski definition) is 5. The summed E-state index contributed by atoms with van der Waals surface area (Å²) in [5.41, 5.74) is 1.80. The van der Waals surface area contributed by atoms with E-state index in [4.69, 9.17) is 9.47 Å². The maximum absolute atomic E-state index is 13.6. The summed E-state index contributed by atoms with van der Waals surface area (Å²) in [5, 5.41) is 10.1. The Morgan fingerprint density at radius 2 is 1.41 bits per heavy atom. The fourth-order valence-corrected chi connectivity index (χ4v) is 3.46. The number of carbonyl (C=O) groups is 2. The van der Waals surface area contributed by atoms with Gasteiger partial charge < -0.3 is 19.5 Å². The van der Waals surface area contributed by atoms with Gasteiger partial charge in [-0.2, -0.15) is 0 Å². The normalized spacial score (nSPS) is 10.4. The summed E-state index contributed by atoms with van der Waals surface area (Å²) < 4.78 is 10.6. The highest BCUT2D eigenvalue weighted by Gasteiger charge is 2.21. The first-order valence-corrected chi connectivity index (χ1v) is 10.7. The number of hydrogen-bond donors (Lipinski definition) is 1. The van der Waals surface area contributed by atoms with Gasteiger partial charge in [0.25, 0.3) is 5.91 Å². The molecule has 0 aliphatic rings. The molecule has 6 heteroatoms. The molecule has 0 atom stereocenters. The molecule has 0 bridgehead atoms. The van der Waals surface area contributed by atoms with Gasteiger partial charge in [0.2, 0.25) is 0 Å². The smallest absolute Gasteiger partial charge is 0.341 e. The second kappa shape index (κ2) is 10.4. The third-order valence-electron chi connectivity index (χ3n) is 5.21. The van der Waals surface area contributed by atoms with E-state index >= 15 is 0 Å². The highest BCUT2D eigenvalue weighted by molar-refractivity contribution is 6.07. The minimum Gasteiger partial charge on any atom is -0.507 e. The van der Waals surface area contributed by atoms with Crippen molar-refractivity contribution in [3.63, 3.8) is 0 Å². The van der Waals surface area contributed by atoms with Crippen molar-refractivity contribution >= 4 is 17.6 Å². The minimum atomic E-state index is -0.686. The second-order valence-corrected chi connectivity index (χ2v) is 7.51. The molecule has 4 rings (SSSR count). The van der Waals surface area contributed by atoms with Crippen molar-refractivity contribution < 1.29 is 24.2 Å². The summed E-state index contributed by atoms with van der Waals surface area (Å²) >= 11 is 0. The number of phenolic OH excluding ortho intramolecular Hbond substituents is 1. The summed E-state index contributed by atoms with van der Waals surface area (Å²) in [4.78, 5) is 27.2. The number of phenols is 1. The maximum atomic E-state index is 13.6. The number of nitrogens with zero attached hydrogens (tertiary/aromatic N) is 1. The number of esters is 1. The highest BCUT2D eigenvalue weighted by Crippen LogP contribution is 2.28. The molecule has 0 heterocycles. The summed E-state index contributed by atoms with van der Waals surface area (Å²) in [5.74, 6) is 0.136. The van der Waals surface area contributed by atoms with E-state index in [9.17, 15) is 14.7 Å². The zero-order chi connectivity index (χ0) is 23.9. The van der Waals surface area contributed by atoms with E-state index in [0.717, 1.165) is 5.56 Å². The van der Waals surface area contributed by atoms with E-state index in [1.165, 1.54) is 19.2 Å². The lowest BCUT2D eigenvalue weighted by Crippen LogP contribution is -2.30. The highest BCUT2D eigenvalue weighted by atomic mass is 16.5. The zero-order valence-electron chi connectivity index (χ0n) is 18.5. The van der Waals surface area contributed by atoms with Crippen molar-refractivity contribution in [3.8, 4) is 17.2 Å². The van der Waals surface area contributed by atoms with Crippen molar-refractivity contribution in [3.05, 3.63) is 120 Å². The number of benzene rings is 4. The maximum Gasteiger partial charge on any atom is 0.341 e. The molecular formula is C28H23NO5. The monoisotopic (exact) mass is 453 g/mol. The first-order chi connectivity index (χ1) is 16.5. The van der Waals surface area contributed by atoms with Crippen molar-refractivity contribution in [2.24, 2.45) is 0 Å². The predicted octanol–water partition coefficient (Wildman–Crippen LogP) is 5.82. The van der Waals surface area contributed by atoms with Crippen LogP contribution in [0, 0.1) is 0 Å². The molecule has 0 unspecified atom stereocenters. The molecule has 0 saturated carbocycles. The Bertz CT molecular complexity index is 1270. The molecule has 34 heavy (non-hydrogen) atoms. The molecule has 4 aromatic rings. The molecule has 1 N–H and O–H groups in total. The van der Waals surface area contributed by atoms with E-state index in [0.29, 0.717) is 22.7 Å². The van der Waals surface area contributed by atoms with Gasteiger partial charge in [0.15, 0.2) is 0 Å². The first-order valence-electron chi connectivity index (χ1n) is 10.7. The summed E-state index contributed by atoms with van der Waals surface area (Å²) in [6, 6.07) is 30.2. The van der Waals surface area contributed by atoms with Crippen LogP contribution in [0.1, 0.15) is 26.3 Å². The second-order valence-electron chi connectivity index (χ2n) is 7.51. The molecular weight excluding hydrogens is 430 g/mol. The van der Waals surface area contributed by atoms with Gasteiger partial charge in [0.05, 0.1) is 13.7 Å². The van der Waals surface area contributed by atoms with Crippen LogP contribution in [0.4, 0.5) is 5.69 Å². The lowest BCUT2D eigenvalue weighted by molar-refractivity contribution is 0.0597. The van der Waals surface area contributed by atoms with Crippen LogP contribution >= 0.6 is 0 Å². The van der Waals surface area contributed by atoms with E-state index < -0.39 is 5.97 Å². The molecule has 1 amide bonds. The SMILES string of the molecule is COC(=O)c1cc(N(Cc2ccccc2)C(=O)c2ccc(Oc3ccccc3)cc2)ccc1O.